The van der Waals surface area contributed by atoms with Gasteiger partial charge in [0.15, 0.2) is 0 Å². The summed E-state index contributed by atoms with van der Waals surface area (Å²) in [7, 11) is 0. The van der Waals surface area contributed by atoms with Gasteiger partial charge in [-0.15, -0.1) is 0 Å². The summed E-state index contributed by atoms with van der Waals surface area (Å²) in [4.78, 5) is 0. The fraction of sp³-hybridized carbons (Fsp3) is 0.750. The minimum atomic E-state index is 0.665. The quantitative estimate of drug-likeness (QED) is 0.830. The molecule has 2 heteroatoms. The fourth-order valence-electron chi connectivity index (χ4n) is 4.15. The Morgan fingerprint density at radius 2 is 2.33 bits per heavy atom. The molecule has 2 bridgehead atoms. The third kappa shape index (κ3) is 2.49. The molecule has 1 N–H and O–H groups in total. The number of rotatable bonds is 6. The molecule has 2 aliphatic carbocycles. The van der Waals surface area contributed by atoms with Crippen molar-refractivity contribution in [1.29, 1.82) is 0 Å². The predicted octanol–water partition coefficient (Wildman–Crippen LogP) is 3.63. The van der Waals surface area contributed by atoms with Gasteiger partial charge in [0.1, 0.15) is 0 Å². The minimum absolute atomic E-state index is 0.665. The van der Waals surface area contributed by atoms with Crippen LogP contribution in [0.1, 0.15) is 44.6 Å². The number of fused-ring (bicyclic) bond motifs is 2. The van der Waals surface area contributed by atoms with E-state index in [2.05, 4.69) is 18.3 Å². The predicted molar refractivity (Wildman–Crippen MR) is 73.4 cm³/mol. The van der Waals surface area contributed by atoms with E-state index in [1.165, 1.54) is 37.7 Å². The molecule has 1 aromatic heterocycles. The van der Waals surface area contributed by atoms with Gasteiger partial charge < -0.3 is 9.73 Å². The van der Waals surface area contributed by atoms with Crippen molar-refractivity contribution in [3.8, 4) is 0 Å². The summed E-state index contributed by atoms with van der Waals surface area (Å²) in [5, 5.41) is 3.79. The van der Waals surface area contributed by atoms with Crippen molar-refractivity contribution in [2.75, 3.05) is 6.54 Å². The van der Waals surface area contributed by atoms with Gasteiger partial charge >= 0.3 is 0 Å². The Balaban J connectivity index is 1.65. The van der Waals surface area contributed by atoms with Gasteiger partial charge in [0.05, 0.1) is 12.5 Å². The molecule has 0 saturated heterocycles. The van der Waals surface area contributed by atoms with Crippen molar-refractivity contribution in [3.05, 3.63) is 24.2 Å². The summed E-state index contributed by atoms with van der Waals surface area (Å²) in [5.74, 6) is 2.94. The zero-order valence-corrected chi connectivity index (χ0v) is 11.4. The van der Waals surface area contributed by atoms with E-state index in [0.717, 1.165) is 30.7 Å². The third-order valence-corrected chi connectivity index (χ3v) is 5.00. The first-order chi connectivity index (χ1) is 8.86. The van der Waals surface area contributed by atoms with Crippen LogP contribution in [-0.4, -0.2) is 12.6 Å². The largest absolute Gasteiger partial charge is 0.472 e. The fourth-order valence-corrected chi connectivity index (χ4v) is 4.15. The molecule has 1 aromatic rings. The number of hydrogen-bond acceptors (Lipinski definition) is 2. The van der Waals surface area contributed by atoms with Crippen molar-refractivity contribution >= 4 is 0 Å². The van der Waals surface area contributed by atoms with E-state index in [-0.39, 0.29) is 0 Å². The highest BCUT2D eigenvalue weighted by Gasteiger charge is 2.42. The zero-order chi connectivity index (χ0) is 12.4. The lowest BCUT2D eigenvalue weighted by atomic mass is 9.81. The van der Waals surface area contributed by atoms with Crippen LogP contribution >= 0.6 is 0 Å². The van der Waals surface area contributed by atoms with Crippen LogP contribution in [0.3, 0.4) is 0 Å². The van der Waals surface area contributed by atoms with Crippen LogP contribution in [0.15, 0.2) is 23.0 Å². The SMILES string of the molecule is CCCNC(Cc1ccoc1)C1CC2CCC1C2. The molecular weight excluding hydrogens is 222 g/mol. The molecule has 4 atom stereocenters. The Hall–Kier alpha value is -0.760. The van der Waals surface area contributed by atoms with Crippen LogP contribution in [0.4, 0.5) is 0 Å². The summed E-state index contributed by atoms with van der Waals surface area (Å²) in [6.45, 7) is 3.40. The molecule has 0 radical (unpaired) electrons. The van der Waals surface area contributed by atoms with E-state index in [9.17, 15) is 0 Å². The van der Waals surface area contributed by atoms with Crippen molar-refractivity contribution < 1.29 is 4.42 Å². The standard InChI is InChI=1S/C16H25NO/c1-2-6-17-16(10-13-5-7-18-11-13)15-9-12-3-4-14(15)8-12/h5,7,11-12,14-17H,2-4,6,8-10H2,1H3. The van der Waals surface area contributed by atoms with Gasteiger partial charge in [-0.05, 0) is 68.0 Å². The average molecular weight is 247 g/mol. The van der Waals surface area contributed by atoms with Gasteiger partial charge in [0.25, 0.3) is 0 Å². The number of furan rings is 1. The molecule has 0 amide bonds. The maximum Gasteiger partial charge on any atom is 0.0935 e. The van der Waals surface area contributed by atoms with Crippen LogP contribution in [0.2, 0.25) is 0 Å². The van der Waals surface area contributed by atoms with Gasteiger partial charge in [-0.25, -0.2) is 0 Å². The van der Waals surface area contributed by atoms with Crippen molar-refractivity contribution in [2.24, 2.45) is 17.8 Å². The molecule has 0 aromatic carbocycles. The highest BCUT2D eigenvalue weighted by atomic mass is 16.3. The molecule has 2 fully saturated rings. The Bertz CT molecular complexity index is 359. The highest BCUT2D eigenvalue weighted by Crippen LogP contribution is 2.49. The molecule has 2 saturated carbocycles. The maximum atomic E-state index is 5.22. The topological polar surface area (TPSA) is 25.2 Å². The first-order valence-corrected chi connectivity index (χ1v) is 7.61. The van der Waals surface area contributed by atoms with Crippen LogP contribution in [0.5, 0.6) is 0 Å². The Morgan fingerprint density at radius 3 is 2.94 bits per heavy atom. The molecule has 3 rings (SSSR count). The Kier molecular flexibility index (Phi) is 3.74. The molecule has 2 nitrogen and oxygen atoms in total. The Morgan fingerprint density at radius 1 is 1.39 bits per heavy atom. The average Bonchev–Trinajstić information content (AvgIpc) is 3.10. The van der Waals surface area contributed by atoms with E-state index in [0.29, 0.717) is 6.04 Å². The second-order valence-electron chi connectivity index (χ2n) is 6.24. The lowest BCUT2D eigenvalue weighted by Gasteiger charge is -2.31. The second kappa shape index (κ2) is 5.48. The monoisotopic (exact) mass is 247 g/mol. The lowest BCUT2D eigenvalue weighted by molar-refractivity contribution is 0.246. The molecule has 1 heterocycles. The molecule has 2 aliphatic rings. The summed E-state index contributed by atoms with van der Waals surface area (Å²) in [6, 6.07) is 2.78. The van der Waals surface area contributed by atoms with E-state index in [4.69, 9.17) is 4.42 Å². The summed E-state index contributed by atoms with van der Waals surface area (Å²) >= 11 is 0. The minimum Gasteiger partial charge on any atom is -0.472 e. The smallest absolute Gasteiger partial charge is 0.0935 e. The van der Waals surface area contributed by atoms with E-state index in [1.807, 2.05) is 6.26 Å². The van der Waals surface area contributed by atoms with E-state index >= 15 is 0 Å². The molecule has 100 valence electrons. The number of nitrogens with one attached hydrogen (secondary N) is 1. The van der Waals surface area contributed by atoms with Crippen LogP contribution in [-0.2, 0) is 6.42 Å². The van der Waals surface area contributed by atoms with Gasteiger partial charge in [-0.2, -0.15) is 0 Å². The van der Waals surface area contributed by atoms with Crippen molar-refractivity contribution in [3.63, 3.8) is 0 Å². The zero-order valence-electron chi connectivity index (χ0n) is 11.4. The summed E-state index contributed by atoms with van der Waals surface area (Å²) < 4.78 is 5.22. The van der Waals surface area contributed by atoms with Crippen LogP contribution < -0.4 is 5.32 Å². The summed E-state index contributed by atoms with van der Waals surface area (Å²) in [5.41, 5.74) is 1.35. The first-order valence-electron chi connectivity index (χ1n) is 7.61. The van der Waals surface area contributed by atoms with Gasteiger partial charge in [0.2, 0.25) is 0 Å². The maximum absolute atomic E-state index is 5.22. The van der Waals surface area contributed by atoms with Crippen molar-refractivity contribution in [1.82, 2.24) is 5.32 Å². The molecule has 0 aliphatic heterocycles. The Labute approximate surface area is 110 Å². The molecule has 18 heavy (non-hydrogen) atoms. The van der Waals surface area contributed by atoms with Gasteiger partial charge in [-0.3, -0.25) is 0 Å². The lowest BCUT2D eigenvalue weighted by Crippen LogP contribution is -2.40. The second-order valence-corrected chi connectivity index (χ2v) is 6.24. The normalized spacial score (nSPS) is 31.9. The molecular formula is C16H25NO. The van der Waals surface area contributed by atoms with Crippen LogP contribution in [0, 0.1) is 17.8 Å². The van der Waals surface area contributed by atoms with Crippen LogP contribution in [0.25, 0.3) is 0 Å². The third-order valence-electron chi connectivity index (χ3n) is 5.00. The van der Waals surface area contributed by atoms with Crippen molar-refractivity contribution in [2.45, 2.75) is 51.5 Å². The highest BCUT2D eigenvalue weighted by molar-refractivity contribution is 5.09. The van der Waals surface area contributed by atoms with Gasteiger partial charge in [0, 0.05) is 6.04 Å². The van der Waals surface area contributed by atoms with Gasteiger partial charge in [-0.1, -0.05) is 13.3 Å². The summed E-state index contributed by atoms with van der Waals surface area (Å²) in [6.07, 6.45) is 12.0. The molecule has 4 unspecified atom stereocenters. The molecule has 0 spiro atoms. The first kappa shape index (κ1) is 12.3. The van der Waals surface area contributed by atoms with E-state index < -0.39 is 0 Å². The van der Waals surface area contributed by atoms with E-state index in [1.54, 1.807) is 6.26 Å². The number of hydrogen-bond donors (Lipinski definition) is 1.